The van der Waals surface area contributed by atoms with Gasteiger partial charge in [0.25, 0.3) is 0 Å². The first-order chi connectivity index (χ1) is 8.53. The van der Waals surface area contributed by atoms with Crippen LogP contribution >= 0.6 is 0 Å². The van der Waals surface area contributed by atoms with E-state index in [1.54, 1.807) is 13.0 Å². The summed E-state index contributed by atoms with van der Waals surface area (Å²) < 4.78 is 4.88. The van der Waals surface area contributed by atoms with Crippen molar-refractivity contribution in [1.82, 2.24) is 15.4 Å². The van der Waals surface area contributed by atoms with Crippen molar-refractivity contribution in [3.8, 4) is 0 Å². The molecule has 94 valence electrons. The van der Waals surface area contributed by atoms with Gasteiger partial charge in [-0.15, -0.1) is 0 Å². The number of urea groups is 1. The standard InChI is InChI=1S/C11H11N3O4/c1-6-4-7(13-18-6)5-14-9(16)11(2-3-11)8(15)12-10(14)17/h4H,2-3,5H2,1H3,(H,12,15,17). The monoisotopic (exact) mass is 249 g/mol. The van der Waals surface area contributed by atoms with Gasteiger partial charge in [0.05, 0.1) is 6.54 Å². The Hall–Kier alpha value is -2.18. The van der Waals surface area contributed by atoms with Gasteiger partial charge < -0.3 is 4.52 Å². The molecule has 18 heavy (non-hydrogen) atoms. The number of carbonyl (C=O) groups excluding carboxylic acids is 3. The highest BCUT2D eigenvalue weighted by molar-refractivity contribution is 6.20. The summed E-state index contributed by atoms with van der Waals surface area (Å²) in [5.74, 6) is -0.311. The lowest BCUT2D eigenvalue weighted by Gasteiger charge is -2.29. The Balaban J connectivity index is 1.85. The number of rotatable bonds is 2. The smallest absolute Gasteiger partial charge is 0.331 e. The van der Waals surface area contributed by atoms with Crippen LogP contribution in [0.2, 0.25) is 0 Å². The molecule has 3 rings (SSSR count). The van der Waals surface area contributed by atoms with Crippen LogP contribution in [-0.2, 0) is 16.1 Å². The molecular weight excluding hydrogens is 238 g/mol. The van der Waals surface area contributed by atoms with Crippen molar-refractivity contribution in [3.63, 3.8) is 0 Å². The van der Waals surface area contributed by atoms with Crippen molar-refractivity contribution in [2.45, 2.75) is 26.3 Å². The van der Waals surface area contributed by atoms with Crippen LogP contribution < -0.4 is 5.32 Å². The summed E-state index contributed by atoms with van der Waals surface area (Å²) in [6, 6.07) is 0.958. The second-order valence-corrected chi connectivity index (χ2v) is 4.66. The molecule has 1 aromatic heterocycles. The Morgan fingerprint density at radius 2 is 2.17 bits per heavy atom. The minimum Gasteiger partial charge on any atom is -0.361 e. The number of amides is 4. The van der Waals surface area contributed by atoms with E-state index in [4.69, 9.17) is 4.52 Å². The minimum atomic E-state index is -1.01. The fourth-order valence-corrected chi connectivity index (χ4v) is 2.10. The van der Waals surface area contributed by atoms with Gasteiger partial charge in [0, 0.05) is 6.07 Å². The Labute approximate surface area is 102 Å². The summed E-state index contributed by atoms with van der Waals surface area (Å²) in [4.78, 5) is 36.4. The summed E-state index contributed by atoms with van der Waals surface area (Å²) >= 11 is 0. The maximum atomic E-state index is 12.1. The predicted molar refractivity (Wildman–Crippen MR) is 57.0 cm³/mol. The number of aromatic nitrogens is 1. The van der Waals surface area contributed by atoms with E-state index < -0.39 is 23.3 Å². The number of hydrogen-bond donors (Lipinski definition) is 1. The van der Waals surface area contributed by atoms with E-state index in [9.17, 15) is 14.4 Å². The van der Waals surface area contributed by atoms with E-state index in [1.807, 2.05) is 0 Å². The van der Waals surface area contributed by atoms with Crippen molar-refractivity contribution in [1.29, 1.82) is 0 Å². The maximum absolute atomic E-state index is 12.1. The molecule has 1 aliphatic heterocycles. The number of nitrogens with zero attached hydrogens (tertiary/aromatic N) is 2. The van der Waals surface area contributed by atoms with Crippen molar-refractivity contribution in [2.24, 2.45) is 5.41 Å². The van der Waals surface area contributed by atoms with Crippen molar-refractivity contribution in [2.75, 3.05) is 0 Å². The Kier molecular flexibility index (Phi) is 2.07. The summed E-state index contributed by atoms with van der Waals surface area (Å²) in [5, 5.41) is 5.94. The first-order valence-electron chi connectivity index (χ1n) is 5.62. The van der Waals surface area contributed by atoms with Gasteiger partial charge in [0.1, 0.15) is 16.9 Å². The van der Waals surface area contributed by atoms with Crippen LogP contribution in [0.5, 0.6) is 0 Å². The molecule has 2 heterocycles. The number of nitrogens with one attached hydrogen (secondary N) is 1. The number of hydrogen-bond acceptors (Lipinski definition) is 5. The van der Waals surface area contributed by atoms with E-state index in [0.717, 1.165) is 4.90 Å². The van der Waals surface area contributed by atoms with E-state index in [1.165, 1.54) is 0 Å². The number of imide groups is 2. The van der Waals surface area contributed by atoms with Crippen LogP contribution in [0.1, 0.15) is 24.3 Å². The first-order valence-corrected chi connectivity index (χ1v) is 5.62. The van der Waals surface area contributed by atoms with Gasteiger partial charge in [-0.3, -0.25) is 19.8 Å². The average molecular weight is 249 g/mol. The van der Waals surface area contributed by atoms with E-state index >= 15 is 0 Å². The second kappa shape index (κ2) is 3.41. The Bertz CT molecular complexity index is 558. The van der Waals surface area contributed by atoms with Gasteiger partial charge in [-0.2, -0.15) is 0 Å². The van der Waals surface area contributed by atoms with Crippen LogP contribution in [0.3, 0.4) is 0 Å². The molecule has 4 amide bonds. The fourth-order valence-electron chi connectivity index (χ4n) is 2.10. The number of carbonyl (C=O) groups is 3. The molecule has 0 radical (unpaired) electrons. The van der Waals surface area contributed by atoms with E-state index in [0.29, 0.717) is 24.3 Å². The zero-order valence-electron chi connectivity index (χ0n) is 9.73. The summed E-state index contributed by atoms with van der Waals surface area (Å²) in [7, 11) is 0. The molecule has 0 unspecified atom stereocenters. The number of barbiturate groups is 1. The third-order valence-corrected chi connectivity index (χ3v) is 3.30. The first kappa shape index (κ1) is 10.9. The zero-order valence-corrected chi connectivity index (χ0v) is 9.73. The molecule has 1 saturated heterocycles. The van der Waals surface area contributed by atoms with Gasteiger partial charge in [0.15, 0.2) is 0 Å². The molecule has 0 aromatic carbocycles. The molecule has 7 nitrogen and oxygen atoms in total. The van der Waals surface area contributed by atoms with Crippen LogP contribution in [0, 0.1) is 12.3 Å². The molecule has 1 aromatic rings. The van der Waals surface area contributed by atoms with Gasteiger partial charge >= 0.3 is 6.03 Å². The molecule has 2 fully saturated rings. The van der Waals surface area contributed by atoms with Crippen molar-refractivity contribution in [3.05, 3.63) is 17.5 Å². The van der Waals surface area contributed by atoms with E-state index in [-0.39, 0.29) is 6.54 Å². The largest absolute Gasteiger partial charge is 0.361 e. The van der Waals surface area contributed by atoms with Gasteiger partial charge in [0.2, 0.25) is 11.8 Å². The van der Waals surface area contributed by atoms with Crippen LogP contribution in [0.25, 0.3) is 0 Å². The lowest BCUT2D eigenvalue weighted by molar-refractivity contribution is -0.145. The fraction of sp³-hybridized carbons (Fsp3) is 0.455. The SMILES string of the molecule is Cc1cc(CN2C(=O)NC(=O)C3(CC3)C2=O)no1. The molecule has 2 aliphatic rings. The third-order valence-electron chi connectivity index (χ3n) is 3.30. The minimum absolute atomic E-state index is 0.0248. The molecule has 1 N–H and O–H groups in total. The lowest BCUT2D eigenvalue weighted by Crippen LogP contribution is -2.58. The summed E-state index contributed by atoms with van der Waals surface area (Å²) in [6.45, 7) is 1.75. The molecule has 0 bridgehead atoms. The Morgan fingerprint density at radius 1 is 1.44 bits per heavy atom. The summed E-state index contributed by atoms with van der Waals surface area (Å²) in [6.07, 6.45) is 0.999. The van der Waals surface area contributed by atoms with Crippen LogP contribution in [-0.4, -0.2) is 27.9 Å². The molecule has 1 spiro atoms. The average Bonchev–Trinajstić information content (AvgIpc) is 3.02. The van der Waals surface area contributed by atoms with E-state index in [2.05, 4.69) is 10.5 Å². The van der Waals surface area contributed by atoms with Crippen molar-refractivity contribution >= 4 is 17.8 Å². The van der Waals surface area contributed by atoms with Gasteiger partial charge in [-0.05, 0) is 19.8 Å². The van der Waals surface area contributed by atoms with Crippen LogP contribution in [0.4, 0.5) is 4.79 Å². The molecule has 1 saturated carbocycles. The Morgan fingerprint density at radius 3 is 2.72 bits per heavy atom. The lowest BCUT2D eigenvalue weighted by atomic mass is 10.0. The highest BCUT2D eigenvalue weighted by atomic mass is 16.5. The molecule has 7 heteroatoms. The van der Waals surface area contributed by atoms with Crippen LogP contribution in [0.15, 0.2) is 10.6 Å². The predicted octanol–water partition coefficient (Wildman–Crippen LogP) is 0.342. The zero-order chi connectivity index (χ0) is 12.9. The quantitative estimate of drug-likeness (QED) is 0.763. The van der Waals surface area contributed by atoms with Gasteiger partial charge in [-0.1, -0.05) is 5.16 Å². The molecule has 0 atom stereocenters. The third kappa shape index (κ3) is 1.43. The van der Waals surface area contributed by atoms with Crippen molar-refractivity contribution < 1.29 is 18.9 Å². The maximum Gasteiger partial charge on any atom is 0.331 e. The normalized spacial score (nSPS) is 21.4. The summed E-state index contributed by atoms with van der Waals surface area (Å²) in [5.41, 5.74) is -0.520. The number of aryl methyl sites for hydroxylation is 1. The highest BCUT2D eigenvalue weighted by Gasteiger charge is 2.62. The topological polar surface area (TPSA) is 92.5 Å². The second-order valence-electron chi connectivity index (χ2n) is 4.66. The molecular formula is C11H11N3O4. The van der Waals surface area contributed by atoms with Gasteiger partial charge in [-0.25, -0.2) is 4.79 Å². The highest BCUT2D eigenvalue weighted by Crippen LogP contribution is 2.49. The molecule has 1 aliphatic carbocycles.